The first-order chi connectivity index (χ1) is 8.95. The van der Waals surface area contributed by atoms with Crippen molar-refractivity contribution in [1.29, 1.82) is 0 Å². The monoisotopic (exact) mass is 270 g/mol. The number of hydrogen-bond acceptors (Lipinski definition) is 5. The molecule has 0 fully saturated rings. The number of amides is 1. The van der Waals surface area contributed by atoms with Gasteiger partial charge >= 0.3 is 6.09 Å². The van der Waals surface area contributed by atoms with Crippen LogP contribution in [0.1, 0.15) is 11.7 Å². The van der Waals surface area contributed by atoms with Gasteiger partial charge in [0, 0.05) is 18.7 Å². The number of rotatable bonds is 6. The summed E-state index contributed by atoms with van der Waals surface area (Å²) in [5, 5.41) is 37.8. The zero-order chi connectivity index (χ0) is 14.4. The van der Waals surface area contributed by atoms with Gasteiger partial charge in [-0.25, -0.2) is 4.79 Å². The molecule has 0 saturated carbocycles. The Bertz CT molecular complexity index is 447. The third kappa shape index (κ3) is 4.19. The van der Waals surface area contributed by atoms with Crippen molar-refractivity contribution in [1.82, 2.24) is 4.90 Å². The number of aliphatic hydroxyl groups is 2. The predicted molar refractivity (Wildman–Crippen MR) is 64.7 cm³/mol. The molecule has 19 heavy (non-hydrogen) atoms. The van der Waals surface area contributed by atoms with Gasteiger partial charge in [-0.05, 0) is 17.7 Å². The van der Waals surface area contributed by atoms with Crippen LogP contribution in [0.5, 0.6) is 0 Å². The Morgan fingerprint density at radius 2 is 1.95 bits per heavy atom. The van der Waals surface area contributed by atoms with Crippen molar-refractivity contribution >= 4 is 11.8 Å². The van der Waals surface area contributed by atoms with Crippen LogP contribution in [0.4, 0.5) is 10.5 Å². The van der Waals surface area contributed by atoms with Crippen molar-refractivity contribution < 1.29 is 25.0 Å². The highest BCUT2D eigenvalue weighted by atomic mass is 16.6. The molecule has 0 bridgehead atoms. The van der Waals surface area contributed by atoms with Gasteiger partial charge in [0.15, 0.2) is 0 Å². The quantitative estimate of drug-likeness (QED) is 0.513. The minimum absolute atomic E-state index is 0.110. The molecule has 0 aliphatic heterocycles. The summed E-state index contributed by atoms with van der Waals surface area (Å²) in [7, 11) is 0. The summed E-state index contributed by atoms with van der Waals surface area (Å²) >= 11 is 0. The Hall–Kier alpha value is -2.19. The van der Waals surface area contributed by atoms with Crippen LogP contribution in [0.3, 0.4) is 0 Å². The maximum absolute atomic E-state index is 10.8. The molecule has 8 heteroatoms. The highest BCUT2D eigenvalue weighted by Gasteiger charge is 2.18. The Morgan fingerprint density at radius 3 is 2.37 bits per heavy atom. The molecule has 0 aromatic heterocycles. The second kappa shape index (κ2) is 6.66. The van der Waals surface area contributed by atoms with Crippen molar-refractivity contribution in [3.05, 3.63) is 39.9 Å². The van der Waals surface area contributed by atoms with Crippen molar-refractivity contribution in [2.24, 2.45) is 0 Å². The molecule has 1 unspecified atom stereocenters. The number of benzene rings is 1. The van der Waals surface area contributed by atoms with E-state index in [9.17, 15) is 20.0 Å². The molecule has 1 amide bonds. The van der Waals surface area contributed by atoms with Crippen molar-refractivity contribution in [3.8, 4) is 0 Å². The Balaban J connectivity index is 2.73. The second-order valence-electron chi connectivity index (χ2n) is 3.82. The molecule has 0 aliphatic rings. The van der Waals surface area contributed by atoms with Crippen molar-refractivity contribution in [2.75, 3.05) is 19.7 Å². The number of nitrogens with zero attached hydrogens (tertiary/aromatic N) is 2. The van der Waals surface area contributed by atoms with Crippen LogP contribution in [-0.2, 0) is 0 Å². The number of non-ortho nitro benzene ring substituents is 1. The molecule has 1 aromatic carbocycles. The minimum Gasteiger partial charge on any atom is -0.465 e. The fraction of sp³-hybridized carbons (Fsp3) is 0.364. The molecule has 3 N–H and O–H groups in total. The zero-order valence-corrected chi connectivity index (χ0v) is 9.97. The van der Waals surface area contributed by atoms with Crippen LogP contribution in [0.25, 0.3) is 0 Å². The largest absolute Gasteiger partial charge is 0.465 e. The van der Waals surface area contributed by atoms with E-state index in [1.54, 1.807) is 0 Å². The maximum atomic E-state index is 10.8. The lowest BCUT2D eigenvalue weighted by atomic mass is 10.1. The van der Waals surface area contributed by atoms with Crippen LogP contribution in [0.2, 0.25) is 0 Å². The number of carboxylic acid groups (broad SMARTS) is 1. The van der Waals surface area contributed by atoms with E-state index in [0.717, 1.165) is 4.90 Å². The molecule has 1 aromatic rings. The standard InChI is InChI=1S/C11H14N2O6/c14-6-5-12(11(16)17)7-10(15)8-1-3-9(4-2-8)13(18)19/h1-4,10,14-15H,5-7H2,(H,16,17). The molecule has 104 valence electrons. The molecular weight excluding hydrogens is 256 g/mol. The fourth-order valence-corrected chi connectivity index (χ4v) is 1.52. The molecule has 0 saturated heterocycles. The number of nitro groups is 1. The van der Waals surface area contributed by atoms with Gasteiger partial charge in [-0.15, -0.1) is 0 Å². The van der Waals surface area contributed by atoms with E-state index in [1.807, 2.05) is 0 Å². The SMILES string of the molecule is O=C(O)N(CCO)CC(O)c1ccc([N+](=O)[O-])cc1. The molecule has 0 radical (unpaired) electrons. The van der Waals surface area contributed by atoms with E-state index in [1.165, 1.54) is 24.3 Å². The third-order valence-electron chi connectivity index (χ3n) is 2.52. The molecule has 8 nitrogen and oxygen atoms in total. The average Bonchev–Trinajstić information content (AvgIpc) is 2.38. The van der Waals surface area contributed by atoms with Crippen molar-refractivity contribution in [2.45, 2.75) is 6.10 Å². The second-order valence-corrected chi connectivity index (χ2v) is 3.82. The first-order valence-electron chi connectivity index (χ1n) is 5.47. The third-order valence-corrected chi connectivity index (χ3v) is 2.52. The van der Waals surface area contributed by atoms with Crippen molar-refractivity contribution in [3.63, 3.8) is 0 Å². The van der Waals surface area contributed by atoms with Gasteiger partial charge in [-0.2, -0.15) is 0 Å². The molecule has 1 rings (SSSR count). The number of nitro benzene ring substituents is 1. The van der Waals surface area contributed by atoms with Gasteiger partial charge in [0.1, 0.15) is 0 Å². The lowest BCUT2D eigenvalue weighted by molar-refractivity contribution is -0.384. The van der Waals surface area contributed by atoms with Crippen LogP contribution >= 0.6 is 0 Å². The lowest BCUT2D eigenvalue weighted by Gasteiger charge is -2.21. The predicted octanol–water partition coefficient (Wildman–Crippen LogP) is 0.601. The Labute approximate surface area is 108 Å². The summed E-state index contributed by atoms with van der Waals surface area (Å²) in [4.78, 5) is 21.6. The number of hydrogen-bond donors (Lipinski definition) is 3. The summed E-state index contributed by atoms with van der Waals surface area (Å²) in [6.07, 6.45) is -2.36. The van der Waals surface area contributed by atoms with E-state index >= 15 is 0 Å². The maximum Gasteiger partial charge on any atom is 0.407 e. The van der Waals surface area contributed by atoms with E-state index in [2.05, 4.69) is 0 Å². The first-order valence-corrected chi connectivity index (χ1v) is 5.47. The summed E-state index contributed by atoms with van der Waals surface area (Å²) < 4.78 is 0. The van der Waals surface area contributed by atoms with Gasteiger partial charge in [0.2, 0.25) is 0 Å². The van der Waals surface area contributed by atoms with E-state index in [0.29, 0.717) is 5.56 Å². The normalized spacial score (nSPS) is 11.9. The van der Waals surface area contributed by atoms with Crippen LogP contribution < -0.4 is 0 Å². The highest BCUT2D eigenvalue weighted by molar-refractivity contribution is 5.65. The minimum atomic E-state index is -1.25. The molecule has 0 aliphatic carbocycles. The van der Waals surface area contributed by atoms with E-state index in [4.69, 9.17) is 10.2 Å². The number of aliphatic hydroxyl groups excluding tert-OH is 2. The van der Waals surface area contributed by atoms with Crippen LogP contribution in [0.15, 0.2) is 24.3 Å². The summed E-state index contributed by atoms with van der Waals surface area (Å²) in [6.45, 7) is -0.674. The van der Waals surface area contributed by atoms with Gasteiger partial charge in [-0.3, -0.25) is 10.1 Å². The lowest BCUT2D eigenvalue weighted by Crippen LogP contribution is -2.35. The van der Waals surface area contributed by atoms with Gasteiger partial charge < -0.3 is 20.2 Å². The van der Waals surface area contributed by atoms with Gasteiger partial charge in [0.25, 0.3) is 5.69 Å². The highest BCUT2D eigenvalue weighted by Crippen LogP contribution is 2.18. The summed E-state index contributed by atoms with van der Waals surface area (Å²) in [5.41, 5.74) is 0.260. The fourth-order valence-electron chi connectivity index (χ4n) is 1.52. The zero-order valence-electron chi connectivity index (χ0n) is 9.97. The smallest absolute Gasteiger partial charge is 0.407 e. The molecule has 0 spiro atoms. The molecular formula is C11H14N2O6. The topological polar surface area (TPSA) is 124 Å². The molecule has 0 heterocycles. The first kappa shape index (κ1) is 14.9. The van der Waals surface area contributed by atoms with E-state index < -0.39 is 17.1 Å². The van der Waals surface area contributed by atoms with Gasteiger partial charge in [0.05, 0.1) is 24.2 Å². The average molecular weight is 270 g/mol. The Kier molecular flexibility index (Phi) is 5.22. The number of carbonyl (C=O) groups is 1. The summed E-state index contributed by atoms with van der Waals surface area (Å²) in [5.74, 6) is 0. The van der Waals surface area contributed by atoms with Gasteiger partial charge in [-0.1, -0.05) is 0 Å². The van der Waals surface area contributed by atoms with Crippen LogP contribution in [-0.4, -0.2) is 50.9 Å². The van der Waals surface area contributed by atoms with Crippen LogP contribution in [0, 0.1) is 10.1 Å². The molecule has 1 atom stereocenters. The Morgan fingerprint density at radius 1 is 1.37 bits per heavy atom. The summed E-state index contributed by atoms with van der Waals surface area (Å²) in [6, 6.07) is 5.19. The van der Waals surface area contributed by atoms with E-state index in [-0.39, 0.29) is 25.4 Å².